The summed E-state index contributed by atoms with van der Waals surface area (Å²) in [4.78, 5) is 0. The maximum Gasteiger partial charge on any atom is 0.0499 e. The first-order chi connectivity index (χ1) is 9.22. The highest BCUT2D eigenvalue weighted by molar-refractivity contribution is 6.35. The Kier molecular flexibility index (Phi) is 3.83. The molecule has 1 saturated carbocycles. The maximum absolute atomic E-state index is 6.19. The Bertz CT molecular complexity index is 553. The molecule has 0 spiro atoms. The first-order valence-electron chi connectivity index (χ1n) is 6.53. The minimum Gasteiger partial charge on any atom is -0.349 e. The standard InChI is InChI=1S/C15H16Cl2N2/c16-14-2-1-3-15(17)13(14)10-19-7-6-11(9-19)8-18-12-4-5-12/h1-3,6-7,9,12,18H,4-5,8,10H2. The molecule has 3 rings (SSSR count). The second-order valence-corrected chi connectivity index (χ2v) is 5.86. The highest BCUT2D eigenvalue weighted by Gasteiger charge is 2.20. The first-order valence-corrected chi connectivity index (χ1v) is 7.29. The smallest absolute Gasteiger partial charge is 0.0499 e. The topological polar surface area (TPSA) is 17.0 Å². The van der Waals surface area contributed by atoms with Crippen LogP contribution in [0.4, 0.5) is 0 Å². The molecule has 0 atom stereocenters. The lowest BCUT2D eigenvalue weighted by Gasteiger charge is -2.08. The zero-order valence-corrected chi connectivity index (χ0v) is 12.1. The van der Waals surface area contributed by atoms with Crippen LogP contribution in [0.5, 0.6) is 0 Å². The van der Waals surface area contributed by atoms with Gasteiger partial charge in [-0.1, -0.05) is 29.3 Å². The van der Waals surface area contributed by atoms with Gasteiger partial charge in [0.2, 0.25) is 0 Å². The number of benzene rings is 1. The molecule has 4 heteroatoms. The number of nitrogens with one attached hydrogen (secondary N) is 1. The van der Waals surface area contributed by atoms with Crippen LogP contribution in [0.1, 0.15) is 24.0 Å². The van der Waals surface area contributed by atoms with E-state index in [4.69, 9.17) is 23.2 Å². The van der Waals surface area contributed by atoms with E-state index in [-0.39, 0.29) is 0 Å². The SMILES string of the molecule is Clc1cccc(Cl)c1Cn1ccc(CNC2CC2)c1. The van der Waals surface area contributed by atoms with E-state index in [0.29, 0.717) is 6.54 Å². The van der Waals surface area contributed by atoms with E-state index >= 15 is 0 Å². The van der Waals surface area contributed by atoms with E-state index in [9.17, 15) is 0 Å². The van der Waals surface area contributed by atoms with Gasteiger partial charge in [0.1, 0.15) is 0 Å². The molecular formula is C15H16Cl2N2. The summed E-state index contributed by atoms with van der Waals surface area (Å²) in [6.07, 6.45) is 6.85. The van der Waals surface area contributed by atoms with Crippen LogP contribution in [-0.2, 0) is 13.1 Å². The van der Waals surface area contributed by atoms with Crippen LogP contribution >= 0.6 is 23.2 Å². The molecule has 1 fully saturated rings. The van der Waals surface area contributed by atoms with Crippen molar-refractivity contribution in [3.05, 3.63) is 57.8 Å². The van der Waals surface area contributed by atoms with Crippen molar-refractivity contribution in [1.29, 1.82) is 0 Å². The van der Waals surface area contributed by atoms with Gasteiger partial charge in [-0.2, -0.15) is 0 Å². The molecule has 1 aromatic heterocycles. The van der Waals surface area contributed by atoms with E-state index in [1.54, 1.807) is 0 Å². The van der Waals surface area contributed by atoms with Gasteiger partial charge in [-0.3, -0.25) is 0 Å². The van der Waals surface area contributed by atoms with Gasteiger partial charge in [-0.25, -0.2) is 0 Å². The average molecular weight is 295 g/mol. The Labute approximate surface area is 123 Å². The lowest BCUT2D eigenvalue weighted by Crippen LogP contribution is -2.14. The Morgan fingerprint density at radius 3 is 2.58 bits per heavy atom. The molecule has 0 saturated heterocycles. The van der Waals surface area contributed by atoms with Crippen LogP contribution < -0.4 is 5.32 Å². The van der Waals surface area contributed by atoms with E-state index < -0.39 is 0 Å². The molecule has 0 amide bonds. The first kappa shape index (κ1) is 13.0. The number of hydrogen-bond acceptors (Lipinski definition) is 1. The molecule has 1 heterocycles. The molecule has 1 aromatic carbocycles. The number of halogens is 2. The fourth-order valence-corrected chi connectivity index (χ4v) is 2.63. The molecule has 0 radical (unpaired) electrons. The lowest BCUT2D eigenvalue weighted by molar-refractivity contribution is 0.685. The van der Waals surface area contributed by atoms with Crippen molar-refractivity contribution in [3.63, 3.8) is 0 Å². The van der Waals surface area contributed by atoms with Crippen LogP contribution in [0.2, 0.25) is 10.0 Å². The van der Waals surface area contributed by atoms with Crippen molar-refractivity contribution in [2.75, 3.05) is 0 Å². The van der Waals surface area contributed by atoms with Crippen molar-refractivity contribution in [1.82, 2.24) is 9.88 Å². The summed E-state index contributed by atoms with van der Waals surface area (Å²) in [5, 5.41) is 4.95. The minimum absolute atomic E-state index is 0.710. The minimum atomic E-state index is 0.710. The van der Waals surface area contributed by atoms with Gasteiger partial charge in [0.15, 0.2) is 0 Å². The highest BCUT2D eigenvalue weighted by atomic mass is 35.5. The number of aromatic nitrogens is 1. The van der Waals surface area contributed by atoms with Gasteiger partial charge >= 0.3 is 0 Å². The number of hydrogen-bond donors (Lipinski definition) is 1. The molecule has 2 aromatic rings. The second-order valence-electron chi connectivity index (χ2n) is 5.05. The molecule has 2 nitrogen and oxygen atoms in total. The molecule has 0 aliphatic heterocycles. The summed E-state index contributed by atoms with van der Waals surface area (Å²) < 4.78 is 2.12. The van der Waals surface area contributed by atoms with Gasteiger partial charge < -0.3 is 9.88 Å². The lowest BCUT2D eigenvalue weighted by atomic mass is 10.2. The zero-order valence-electron chi connectivity index (χ0n) is 10.6. The summed E-state index contributed by atoms with van der Waals surface area (Å²) >= 11 is 12.4. The maximum atomic E-state index is 6.19. The van der Waals surface area contributed by atoms with Crippen molar-refractivity contribution < 1.29 is 0 Å². The van der Waals surface area contributed by atoms with Crippen LogP contribution in [0.25, 0.3) is 0 Å². The predicted octanol–water partition coefficient (Wildman–Crippen LogP) is 4.10. The summed E-state index contributed by atoms with van der Waals surface area (Å²) in [6, 6.07) is 8.50. The Balaban J connectivity index is 1.68. The second kappa shape index (κ2) is 5.58. The molecule has 0 unspecified atom stereocenters. The third-order valence-electron chi connectivity index (χ3n) is 3.39. The summed E-state index contributed by atoms with van der Waals surface area (Å²) in [7, 11) is 0. The fraction of sp³-hybridized carbons (Fsp3) is 0.333. The van der Waals surface area contributed by atoms with E-state index in [2.05, 4.69) is 28.3 Å². The summed E-state index contributed by atoms with van der Waals surface area (Å²) in [5.74, 6) is 0. The van der Waals surface area contributed by atoms with Crippen molar-refractivity contribution in [2.45, 2.75) is 32.0 Å². The molecule has 100 valence electrons. The molecule has 1 N–H and O–H groups in total. The molecule has 1 aliphatic carbocycles. The van der Waals surface area contributed by atoms with Crippen LogP contribution in [0, 0.1) is 0 Å². The number of rotatable bonds is 5. The van der Waals surface area contributed by atoms with Crippen LogP contribution in [0.15, 0.2) is 36.7 Å². The zero-order chi connectivity index (χ0) is 13.2. The average Bonchev–Trinajstić information content (AvgIpc) is 3.11. The van der Waals surface area contributed by atoms with Gasteiger partial charge in [-0.15, -0.1) is 0 Å². The van der Waals surface area contributed by atoms with Gasteiger partial charge in [0.25, 0.3) is 0 Å². The largest absolute Gasteiger partial charge is 0.349 e. The monoisotopic (exact) mass is 294 g/mol. The Morgan fingerprint density at radius 1 is 1.16 bits per heavy atom. The predicted molar refractivity (Wildman–Crippen MR) is 79.9 cm³/mol. The highest BCUT2D eigenvalue weighted by Crippen LogP contribution is 2.25. The summed E-state index contributed by atoms with van der Waals surface area (Å²) in [6.45, 7) is 1.65. The van der Waals surface area contributed by atoms with Gasteiger partial charge in [0, 0.05) is 47.1 Å². The molecule has 19 heavy (non-hydrogen) atoms. The molecule has 0 bridgehead atoms. The number of nitrogens with zero attached hydrogens (tertiary/aromatic N) is 1. The van der Waals surface area contributed by atoms with Gasteiger partial charge in [-0.05, 0) is 36.6 Å². The quantitative estimate of drug-likeness (QED) is 0.879. The van der Waals surface area contributed by atoms with Crippen LogP contribution in [0.3, 0.4) is 0 Å². The van der Waals surface area contributed by atoms with Crippen molar-refractivity contribution >= 4 is 23.2 Å². The molecule has 1 aliphatic rings. The third-order valence-corrected chi connectivity index (χ3v) is 4.09. The van der Waals surface area contributed by atoms with E-state index in [0.717, 1.165) is 28.2 Å². The van der Waals surface area contributed by atoms with Gasteiger partial charge in [0.05, 0.1) is 0 Å². The summed E-state index contributed by atoms with van der Waals surface area (Å²) in [5.41, 5.74) is 2.28. The fourth-order valence-electron chi connectivity index (χ4n) is 2.11. The van der Waals surface area contributed by atoms with Crippen molar-refractivity contribution in [2.24, 2.45) is 0 Å². The van der Waals surface area contributed by atoms with E-state index in [1.165, 1.54) is 18.4 Å². The third kappa shape index (κ3) is 3.33. The van der Waals surface area contributed by atoms with E-state index in [1.807, 2.05) is 18.2 Å². The Hall–Kier alpha value is -0.960. The Morgan fingerprint density at radius 2 is 1.89 bits per heavy atom. The normalized spacial score (nSPS) is 14.8. The van der Waals surface area contributed by atoms with Crippen LogP contribution in [-0.4, -0.2) is 10.6 Å². The van der Waals surface area contributed by atoms with Crippen molar-refractivity contribution in [3.8, 4) is 0 Å². The molecular weight excluding hydrogens is 279 g/mol.